The van der Waals surface area contributed by atoms with E-state index in [1.807, 2.05) is 66.7 Å². The molecule has 6 heteroatoms. The number of rotatable bonds is 6. The van der Waals surface area contributed by atoms with E-state index in [-0.39, 0.29) is 5.91 Å². The van der Waals surface area contributed by atoms with Gasteiger partial charge < -0.3 is 4.74 Å². The van der Waals surface area contributed by atoms with E-state index in [1.165, 1.54) is 0 Å². The van der Waals surface area contributed by atoms with E-state index in [4.69, 9.17) is 16.3 Å². The highest BCUT2D eigenvalue weighted by Crippen LogP contribution is 2.15. The molecular weight excluding hydrogens is 475 g/mol. The number of nitrogens with one attached hydrogen (secondary N) is 1. The zero-order chi connectivity index (χ0) is 19.1. The van der Waals surface area contributed by atoms with Crippen molar-refractivity contribution in [3.63, 3.8) is 0 Å². The Morgan fingerprint density at radius 1 is 1.04 bits per heavy atom. The van der Waals surface area contributed by atoms with Crippen molar-refractivity contribution in [1.82, 2.24) is 5.43 Å². The number of carbonyl (C=O) groups excluding carboxylic acids is 1. The third-order valence-corrected chi connectivity index (χ3v) is 4.89. The van der Waals surface area contributed by atoms with Gasteiger partial charge in [0.15, 0.2) is 0 Å². The molecule has 0 aromatic heterocycles. The quantitative estimate of drug-likeness (QED) is 0.290. The van der Waals surface area contributed by atoms with Gasteiger partial charge >= 0.3 is 0 Å². The maximum atomic E-state index is 12.1. The number of benzene rings is 3. The first-order chi connectivity index (χ1) is 13.1. The molecule has 0 aliphatic heterocycles. The fourth-order valence-electron chi connectivity index (χ4n) is 2.27. The summed E-state index contributed by atoms with van der Waals surface area (Å²) in [7, 11) is 0. The Kier molecular flexibility index (Phi) is 6.84. The first-order valence-corrected chi connectivity index (χ1v) is 9.63. The van der Waals surface area contributed by atoms with E-state index in [9.17, 15) is 4.79 Å². The Labute approximate surface area is 176 Å². The van der Waals surface area contributed by atoms with Gasteiger partial charge in [-0.2, -0.15) is 5.10 Å². The van der Waals surface area contributed by atoms with Crippen LogP contribution in [-0.4, -0.2) is 12.1 Å². The Morgan fingerprint density at radius 3 is 2.44 bits per heavy atom. The van der Waals surface area contributed by atoms with Gasteiger partial charge in [-0.15, -0.1) is 0 Å². The molecule has 0 radical (unpaired) electrons. The van der Waals surface area contributed by atoms with Gasteiger partial charge in [0.25, 0.3) is 5.91 Å². The van der Waals surface area contributed by atoms with E-state index >= 15 is 0 Å². The SMILES string of the molecule is O=C(N/N=C/c1ccc(OCc2ccc(Cl)cc2)cc1)c1ccccc1I. The van der Waals surface area contributed by atoms with Crippen molar-refractivity contribution in [1.29, 1.82) is 0 Å². The Hall–Kier alpha value is -2.38. The number of hydrogen-bond acceptors (Lipinski definition) is 3. The molecule has 3 aromatic rings. The standard InChI is InChI=1S/C21H16ClIN2O2/c22-17-9-5-16(6-10-17)14-27-18-11-7-15(8-12-18)13-24-25-21(26)19-3-1-2-4-20(19)23/h1-13H,14H2,(H,25,26)/b24-13+. The largest absolute Gasteiger partial charge is 0.489 e. The number of amides is 1. The molecule has 0 atom stereocenters. The van der Waals surface area contributed by atoms with Crippen LogP contribution in [0.25, 0.3) is 0 Å². The van der Waals surface area contributed by atoms with Gasteiger partial charge in [-0.1, -0.05) is 35.9 Å². The molecule has 0 heterocycles. The summed E-state index contributed by atoms with van der Waals surface area (Å²) in [6, 6.07) is 22.4. The second kappa shape index (κ2) is 9.53. The summed E-state index contributed by atoms with van der Waals surface area (Å²) in [5.41, 5.74) is 5.04. The third kappa shape index (κ3) is 5.80. The van der Waals surface area contributed by atoms with Crippen molar-refractivity contribution in [2.24, 2.45) is 5.10 Å². The third-order valence-electron chi connectivity index (χ3n) is 3.70. The van der Waals surface area contributed by atoms with Gasteiger partial charge in [0, 0.05) is 8.59 Å². The maximum absolute atomic E-state index is 12.1. The number of hydrazone groups is 1. The predicted molar refractivity (Wildman–Crippen MR) is 116 cm³/mol. The zero-order valence-electron chi connectivity index (χ0n) is 14.2. The van der Waals surface area contributed by atoms with Crippen molar-refractivity contribution in [2.75, 3.05) is 0 Å². The smallest absolute Gasteiger partial charge is 0.272 e. The van der Waals surface area contributed by atoms with Crippen LogP contribution in [0.4, 0.5) is 0 Å². The normalized spacial score (nSPS) is 10.7. The number of hydrogen-bond donors (Lipinski definition) is 1. The minimum absolute atomic E-state index is 0.237. The molecule has 0 aliphatic rings. The average molecular weight is 491 g/mol. The van der Waals surface area contributed by atoms with Gasteiger partial charge in [-0.25, -0.2) is 5.43 Å². The second-order valence-electron chi connectivity index (χ2n) is 5.66. The molecule has 0 aliphatic carbocycles. The summed E-state index contributed by atoms with van der Waals surface area (Å²) in [4.78, 5) is 12.1. The van der Waals surface area contributed by atoms with Crippen molar-refractivity contribution < 1.29 is 9.53 Å². The van der Waals surface area contributed by atoms with E-state index in [2.05, 4.69) is 33.1 Å². The van der Waals surface area contributed by atoms with Crippen LogP contribution in [0.1, 0.15) is 21.5 Å². The van der Waals surface area contributed by atoms with Gasteiger partial charge in [0.1, 0.15) is 12.4 Å². The van der Waals surface area contributed by atoms with Gasteiger partial charge in [-0.05, 0) is 82.2 Å². The first kappa shape index (κ1) is 19.4. The lowest BCUT2D eigenvalue weighted by Gasteiger charge is -2.06. The van der Waals surface area contributed by atoms with Crippen LogP contribution >= 0.6 is 34.2 Å². The second-order valence-corrected chi connectivity index (χ2v) is 7.26. The predicted octanol–water partition coefficient (Wildman–Crippen LogP) is 5.29. The lowest BCUT2D eigenvalue weighted by atomic mass is 10.2. The number of nitrogens with zero attached hydrogens (tertiary/aromatic N) is 1. The molecule has 1 amide bonds. The highest BCUT2D eigenvalue weighted by molar-refractivity contribution is 14.1. The van der Waals surface area contributed by atoms with Crippen LogP contribution in [0.3, 0.4) is 0 Å². The van der Waals surface area contributed by atoms with Crippen LogP contribution in [0.2, 0.25) is 5.02 Å². The van der Waals surface area contributed by atoms with Crippen LogP contribution in [0.5, 0.6) is 5.75 Å². The Balaban J connectivity index is 1.52. The fraction of sp³-hybridized carbons (Fsp3) is 0.0476. The van der Waals surface area contributed by atoms with E-state index in [0.717, 1.165) is 20.4 Å². The maximum Gasteiger partial charge on any atom is 0.272 e. The van der Waals surface area contributed by atoms with Gasteiger partial charge in [-0.3, -0.25) is 4.79 Å². The lowest BCUT2D eigenvalue weighted by Crippen LogP contribution is -2.18. The molecule has 27 heavy (non-hydrogen) atoms. The van der Waals surface area contributed by atoms with Crippen LogP contribution < -0.4 is 10.2 Å². The molecular formula is C21H16ClIN2O2. The average Bonchev–Trinajstić information content (AvgIpc) is 2.69. The highest BCUT2D eigenvalue weighted by Gasteiger charge is 2.07. The molecule has 0 unspecified atom stereocenters. The van der Waals surface area contributed by atoms with E-state index in [0.29, 0.717) is 17.2 Å². The van der Waals surface area contributed by atoms with Crippen molar-refractivity contribution in [3.8, 4) is 5.75 Å². The highest BCUT2D eigenvalue weighted by atomic mass is 127. The van der Waals surface area contributed by atoms with E-state index < -0.39 is 0 Å². The molecule has 0 fully saturated rings. The fourth-order valence-corrected chi connectivity index (χ4v) is 3.03. The van der Waals surface area contributed by atoms with Crippen molar-refractivity contribution in [2.45, 2.75) is 6.61 Å². The lowest BCUT2D eigenvalue weighted by molar-refractivity contribution is 0.0954. The summed E-state index contributed by atoms with van der Waals surface area (Å²) in [5.74, 6) is 0.518. The number of halogens is 2. The van der Waals surface area contributed by atoms with Crippen LogP contribution in [-0.2, 0) is 6.61 Å². The molecule has 0 spiro atoms. The topological polar surface area (TPSA) is 50.7 Å². The minimum Gasteiger partial charge on any atom is -0.489 e. The molecule has 0 saturated carbocycles. The summed E-state index contributed by atoms with van der Waals surface area (Å²) in [6.45, 7) is 0.469. The summed E-state index contributed by atoms with van der Waals surface area (Å²) < 4.78 is 6.62. The first-order valence-electron chi connectivity index (χ1n) is 8.17. The van der Waals surface area contributed by atoms with E-state index in [1.54, 1.807) is 12.3 Å². The summed E-state index contributed by atoms with van der Waals surface area (Å²) >= 11 is 7.99. The molecule has 4 nitrogen and oxygen atoms in total. The van der Waals surface area contributed by atoms with Crippen LogP contribution in [0.15, 0.2) is 77.9 Å². The monoisotopic (exact) mass is 490 g/mol. The molecule has 3 aromatic carbocycles. The van der Waals surface area contributed by atoms with Gasteiger partial charge in [0.05, 0.1) is 11.8 Å². The Morgan fingerprint density at radius 2 is 1.74 bits per heavy atom. The Bertz CT molecular complexity index is 941. The molecule has 0 bridgehead atoms. The molecule has 1 N–H and O–H groups in total. The zero-order valence-corrected chi connectivity index (χ0v) is 17.1. The van der Waals surface area contributed by atoms with Gasteiger partial charge in [0.2, 0.25) is 0 Å². The summed E-state index contributed by atoms with van der Waals surface area (Å²) in [5, 5.41) is 4.71. The van der Waals surface area contributed by atoms with Crippen LogP contribution in [0, 0.1) is 3.57 Å². The molecule has 3 rings (SSSR count). The number of ether oxygens (including phenoxy) is 1. The van der Waals surface area contributed by atoms with Crippen molar-refractivity contribution in [3.05, 3.63) is 98.1 Å². The molecule has 136 valence electrons. The van der Waals surface area contributed by atoms with Crippen molar-refractivity contribution >= 4 is 46.3 Å². The minimum atomic E-state index is -0.237. The number of carbonyl (C=O) groups is 1. The summed E-state index contributed by atoms with van der Waals surface area (Å²) in [6.07, 6.45) is 1.59. The molecule has 0 saturated heterocycles.